The van der Waals surface area contributed by atoms with Crippen LogP contribution in [0.2, 0.25) is 0 Å². The Bertz CT molecular complexity index is 622. The van der Waals surface area contributed by atoms with E-state index in [4.69, 9.17) is 4.74 Å². The Kier molecular flexibility index (Phi) is 4.20. The van der Waals surface area contributed by atoms with Crippen molar-refractivity contribution in [1.82, 2.24) is 9.88 Å². The molecule has 3 heterocycles. The van der Waals surface area contributed by atoms with Crippen LogP contribution >= 0.6 is 0 Å². The van der Waals surface area contributed by atoms with Crippen LogP contribution in [0.25, 0.3) is 5.57 Å². The molecule has 0 aromatic carbocycles. The molecule has 1 aromatic heterocycles. The molecule has 0 N–H and O–H groups in total. The first kappa shape index (κ1) is 14.7. The number of aromatic nitrogens is 1. The van der Waals surface area contributed by atoms with Crippen LogP contribution in [0.3, 0.4) is 0 Å². The lowest BCUT2D eigenvalue weighted by atomic mass is 9.98. The van der Waals surface area contributed by atoms with Crippen molar-refractivity contribution < 1.29 is 19.1 Å². The van der Waals surface area contributed by atoms with Crippen LogP contribution in [-0.2, 0) is 14.3 Å². The summed E-state index contributed by atoms with van der Waals surface area (Å²) in [6, 6.07) is 3.60. The first-order valence-electron chi connectivity index (χ1n) is 7.29. The third-order valence-electron chi connectivity index (χ3n) is 4.03. The Labute approximate surface area is 128 Å². The minimum absolute atomic E-state index is 0.0294. The van der Waals surface area contributed by atoms with Crippen molar-refractivity contribution in [2.45, 2.75) is 6.42 Å². The quantitative estimate of drug-likeness (QED) is 0.783. The normalized spacial score (nSPS) is 18.4. The number of hydrogen-bond acceptors (Lipinski definition) is 5. The number of amides is 1. The van der Waals surface area contributed by atoms with Gasteiger partial charge in [0.05, 0.1) is 26.2 Å². The van der Waals surface area contributed by atoms with Gasteiger partial charge >= 0.3 is 5.97 Å². The molecule has 0 spiro atoms. The third-order valence-corrected chi connectivity index (χ3v) is 4.03. The highest BCUT2D eigenvalue weighted by molar-refractivity contribution is 5.88. The molecule has 0 unspecified atom stereocenters. The predicted octanol–water partition coefficient (Wildman–Crippen LogP) is 1.13. The van der Waals surface area contributed by atoms with Gasteiger partial charge in [0.1, 0.15) is 5.69 Å². The van der Waals surface area contributed by atoms with Gasteiger partial charge in [-0.05, 0) is 29.7 Å². The molecule has 0 aliphatic carbocycles. The maximum absolute atomic E-state index is 12.2. The molecule has 2 aliphatic rings. The Balaban J connectivity index is 1.70. The van der Waals surface area contributed by atoms with Crippen LogP contribution in [0.5, 0.6) is 0 Å². The van der Waals surface area contributed by atoms with Crippen molar-refractivity contribution in [2.75, 3.05) is 33.4 Å². The minimum atomic E-state index is -0.444. The summed E-state index contributed by atoms with van der Waals surface area (Å²) >= 11 is 0. The number of hydrogen-bond donors (Lipinski definition) is 0. The molecule has 1 amide bonds. The first-order chi connectivity index (χ1) is 10.7. The minimum Gasteiger partial charge on any atom is -0.464 e. The third kappa shape index (κ3) is 2.87. The monoisotopic (exact) mass is 302 g/mol. The second-order valence-corrected chi connectivity index (χ2v) is 5.42. The molecule has 6 heteroatoms. The molecule has 116 valence electrons. The van der Waals surface area contributed by atoms with Gasteiger partial charge in [-0.25, -0.2) is 9.78 Å². The van der Waals surface area contributed by atoms with E-state index in [2.05, 4.69) is 9.72 Å². The fourth-order valence-electron chi connectivity index (χ4n) is 2.61. The summed E-state index contributed by atoms with van der Waals surface area (Å²) in [6.07, 6.45) is 4.41. The van der Waals surface area contributed by atoms with Gasteiger partial charge in [-0.3, -0.25) is 4.79 Å². The van der Waals surface area contributed by atoms with E-state index in [0.717, 1.165) is 17.6 Å². The molecule has 0 atom stereocenters. The van der Waals surface area contributed by atoms with Crippen molar-refractivity contribution in [3.63, 3.8) is 0 Å². The highest BCUT2D eigenvalue weighted by atomic mass is 16.5. The Morgan fingerprint density at radius 3 is 2.82 bits per heavy atom. The highest BCUT2D eigenvalue weighted by Crippen LogP contribution is 2.24. The number of carbonyl (C=O) groups is 2. The largest absolute Gasteiger partial charge is 0.464 e. The summed E-state index contributed by atoms with van der Waals surface area (Å²) in [7, 11) is 1.34. The summed E-state index contributed by atoms with van der Waals surface area (Å²) in [4.78, 5) is 29.6. The van der Waals surface area contributed by atoms with Gasteiger partial charge in [0.25, 0.3) is 0 Å². The molecular weight excluding hydrogens is 284 g/mol. The lowest BCUT2D eigenvalue weighted by Crippen LogP contribution is -2.46. The van der Waals surface area contributed by atoms with Crippen LogP contribution in [0, 0.1) is 5.92 Å². The Morgan fingerprint density at radius 2 is 2.23 bits per heavy atom. The zero-order chi connectivity index (χ0) is 15.5. The maximum atomic E-state index is 12.2. The average molecular weight is 302 g/mol. The first-order valence-corrected chi connectivity index (χ1v) is 7.29. The van der Waals surface area contributed by atoms with Gasteiger partial charge in [-0.2, -0.15) is 0 Å². The molecule has 1 fully saturated rings. The smallest absolute Gasteiger partial charge is 0.356 e. The lowest BCUT2D eigenvalue weighted by Gasteiger charge is -2.33. The van der Waals surface area contributed by atoms with Crippen molar-refractivity contribution >= 4 is 17.4 Å². The molecule has 0 radical (unpaired) electrons. The number of carbonyl (C=O) groups excluding carboxylic acids is 2. The second kappa shape index (κ2) is 6.27. The zero-order valence-electron chi connectivity index (χ0n) is 12.4. The zero-order valence-corrected chi connectivity index (χ0v) is 12.4. The molecular formula is C16H18N2O4. The van der Waals surface area contributed by atoms with Gasteiger partial charge < -0.3 is 14.4 Å². The van der Waals surface area contributed by atoms with Gasteiger partial charge in [-0.15, -0.1) is 0 Å². The second-order valence-electron chi connectivity index (χ2n) is 5.42. The topological polar surface area (TPSA) is 68.7 Å². The average Bonchev–Trinajstić information content (AvgIpc) is 2.52. The number of nitrogens with zero attached hydrogens (tertiary/aromatic N) is 2. The summed E-state index contributed by atoms with van der Waals surface area (Å²) in [6.45, 7) is 2.37. The van der Waals surface area contributed by atoms with Crippen molar-refractivity contribution in [1.29, 1.82) is 0 Å². The number of ether oxygens (including phenoxy) is 2. The van der Waals surface area contributed by atoms with Crippen LogP contribution in [0.15, 0.2) is 24.4 Å². The molecule has 22 heavy (non-hydrogen) atoms. The van der Waals surface area contributed by atoms with E-state index >= 15 is 0 Å². The van der Waals surface area contributed by atoms with E-state index in [9.17, 15) is 9.59 Å². The standard InChI is InChI=1S/C16H18N2O4/c1-21-16(20)14-8-12(2-5-17-14)11-3-6-18(7-4-11)15(19)13-9-22-10-13/h2-3,5,8,13H,4,6-7,9-10H2,1H3. The molecule has 6 nitrogen and oxygen atoms in total. The van der Waals surface area contributed by atoms with E-state index in [-0.39, 0.29) is 11.8 Å². The van der Waals surface area contributed by atoms with Crippen molar-refractivity contribution in [3.05, 3.63) is 35.7 Å². The van der Waals surface area contributed by atoms with Crippen molar-refractivity contribution in [2.24, 2.45) is 5.92 Å². The number of methoxy groups -OCH3 is 1. The van der Waals surface area contributed by atoms with Crippen molar-refractivity contribution in [3.8, 4) is 0 Å². The van der Waals surface area contributed by atoms with Gasteiger partial charge in [-0.1, -0.05) is 6.08 Å². The molecule has 1 aromatic rings. The Hall–Kier alpha value is -2.21. The van der Waals surface area contributed by atoms with Crippen LogP contribution in [0.1, 0.15) is 22.5 Å². The number of rotatable bonds is 3. The predicted molar refractivity (Wildman–Crippen MR) is 79.1 cm³/mol. The van der Waals surface area contributed by atoms with Gasteiger partial charge in [0.15, 0.2) is 0 Å². The molecule has 0 saturated carbocycles. The molecule has 3 rings (SSSR count). The summed E-state index contributed by atoms with van der Waals surface area (Å²) < 4.78 is 9.76. The van der Waals surface area contributed by atoms with E-state index < -0.39 is 5.97 Å². The van der Waals surface area contributed by atoms with E-state index in [0.29, 0.717) is 32.0 Å². The molecule has 2 aliphatic heterocycles. The number of esters is 1. The van der Waals surface area contributed by atoms with E-state index in [1.54, 1.807) is 12.3 Å². The van der Waals surface area contributed by atoms with Gasteiger partial charge in [0.2, 0.25) is 5.91 Å². The fraction of sp³-hybridized carbons (Fsp3) is 0.438. The SMILES string of the molecule is COC(=O)c1cc(C2=CCN(C(=O)C3COC3)CC2)ccn1. The van der Waals surface area contributed by atoms with E-state index in [1.807, 2.05) is 17.0 Å². The maximum Gasteiger partial charge on any atom is 0.356 e. The molecule has 0 bridgehead atoms. The van der Waals surface area contributed by atoms with Crippen LogP contribution in [0.4, 0.5) is 0 Å². The fourth-order valence-corrected chi connectivity index (χ4v) is 2.61. The lowest BCUT2D eigenvalue weighted by molar-refractivity contribution is -0.149. The Morgan fingerprint density at radius 1 is 1.41 bits per heavy atom. The van der Waals surface area contributed by atoms with E-state index in [1.165, 1.54) is 7.11 Å². The number of pyridine rings is 1. The van der Waals surface area contributed by atoms with Gasteiger partial charge in [0, 0.05) is 19.3 Å². The van der Waals surface area contributed by atoms with Crippen LogP contribution < -0.4 is 0 Å². The highest BCUT2D eigenvalue weighted by Gasteiger charge is 2.31. The summed E-state index contributed by atoms with van der Waals surface area (Å²) in [5, 5.41) is 0. The summed E-state index contributed by atoms with van der Waals surface area (Å²) in [5.74, 6) is -0.242. The summed E-state index contributed by atoms with van der Waals surface area (Å²) in [5.41, 5.74) is 2.38. The van der Waals surface area contributed by atoms with Crippen LogP contribution in [-0.4, -0.2) is 55.2 Å². The molecule has 1 saturated heterocycles.